The van der Waals surface area contributed by atoms with Crippen LogP contribution in [0.4, 0.5) is 11.4 Å². The molecule has 0 saturated carbocycles. The average molecular weight is 426 g/mol. The Morgan fingerprint density at radius 3 is 2.40 bits per heavy atom. The SMILES string of the molecule is Nc1cc(Br)c(NC(=O)C2CCCCS2(=O)=O)c(Br)c1. The monoisotopic (exact) mass is 424 g/mol. The number of halogens is 2. The second-order valence-electron chi connectivity index (χ2n) is 4.70. The molecule has 1 aliphatic heterocycles. The van der Waals surface area contributed by atoms with E-state index in [9.17, 15) is 13.2 Å². The quantitative estimate of drug-likeness (QED) is 0.712. The highest BCUT2D eigenvalue weighted by atomic mass is 79.9. The van der Waals surface area contributed by atoms with E-state index in [1.165, 1.54) is 0 Å². The number of nitrogens with one attached hydrogen (secondary N) is 1. The Bertz CT molecular complexity index is 623. The Kier molecular flexibility index (Phi) is 4.76. The van der Waals surface area contributed by atoms with Crippen molar-refractivity contribution in [1.29, 1.82) is 0 Å². The van der Waals surface area contributed by atoms with E-state index in [0.29, 0.717) is 33.2 Å². The second kappa shape index (κ2) is 6.03. The first kappa shape index (κ1) is 15.8. The topological polar surface area (TPSA) is 89.3 Å². The minimum absolute atomic E-state index is 0.0785. The van der Waals surface area contributed by atoms with Crippen molar-refractivity contribution in [3.05, 3.63) is 21.1 Å². The van der Waals surface area contributed by atoms with Crippen LogP contribution < -0.4 is 11.1 Å². The summed E-state index contributed by atoms with van der Waals surface area (Å²) in [6, 6.07) is 3.30. The number of carbonyl (C=O) groups excluding carboxylic acids is 1. The van der Waals surface area contributed by atoms with Crippen molar-refractivity contribution in [1.82, 2.24) is 0 Å². The number of sulfone groups is 1. The molecule has 1 aromatic carbocycles. The van der Waals surface area contributed by atoms with Crippen LogP contribution in [0.1, 0.15) is 19.3 Å². The number of hydrogen-bond acceptors (Lipinski definition) is 4. The van der Waals surface area contributed by atoms with E-state index in [2.05, 4.69) is 37.2 Å². The average Bonchev–Trinajstić information content (AvgIpc) is 2.32. The third-order valence-corrected chi connectivity index (χ3v) is 6.61. The van der Waals surface area contributed by atoms with Gasteiger partial charge in [-0.05, 0) is 56.8 Å². The first-order chi connectivity index (χ1) is 9.31. The van der Waals surface area contributed by atoms with Gasteiger partial charge in [-0.1, -0.05) is 6.42 Å². The van der Waals surface area contributed by atoms with Crippen molar-refractivity contribution >= 4 is 59.0 Å². The number of amides is 1. The van der Waals surface area contributed by atoms with Crippen LogP contribution in [0.15, 0.2) is 21.1 Å². The summed E-state index contributed by atoms with van der Waals surface area (Å²) in [4.78, 5) is 12.2. The Morgan fingerprint density at radius 1 is 1.25 bits per heavy atom. The van der Waals surface area contributed by atoms with Gasteiger partial charge in [-0.15, -0.1) is 0 Å². The van der Waals surface area contributed by atoms with E-state index in [1.807, 2.05) is 0 Å². The van der Waals surface area contributed by atoms with E-state index in [0.717, 1.165) is 6.42 Å². The fourth-order valence-electron chi connectivity index (χ4n) is 2.16. The number of carbonyl (C=O) groups is 1. The zero-order valence-corrected chi connectivity index (χ0v) is 14.5. The molecule has 5 nitrogen and oxygen atoms in total. The standard InChI is InChI=1S/C12H14Br2N2O3S/c13-8-5-7(15)6-9(14)11(8)16-12(17)10-3-1-2-4-20(10,18)19/h5-6,10H,1-4,15H2,(H,16,17). The van der Waals surface area contributed by atoms with E-state index in [-0.39, 0.29) is 5.75 Å². The van der Waals surface area contributed by atoms with Gasteiger partial charge in [0.25, 0.3) is 0 Å². The molecule has 0 bridgehead atoms. The lowest BCUT2D eigenvalue weighted by Gasteiger charge is -2.22. The van der Waals surface area contributed by atoms with Gasteiger partial charge in [0.1, 0.15) is 5.25 Å². The molecule has 1 fully saturated rings. The normalized spacial score (nSPS) is 21.4. The minimum atomic E-state index is -3.34. The molecule has 1 aliphatic rings. The van der Waals surface area contributed by atoms with Gasteiger partial charge < -0.3 is 11.1 Å². The molecule has 110 valence electrons. The number of anilines is 2. The molecule has 1 aromatic rings. The van der Waals surface area contributed by atoms with Crippen molar-refractivity contribution < 1.29 is 13.2 Å². The van der Waals surface area contributed by atoms with Gasteiger partial charge in [0, 0.05) is 14.6 Å². The maximum Gasteiger partial charge on any atom is 0.242 e. The molecule has 1 amide bonds. The van der Waals surface area contributed by atoms with Crippen molar-refractivity contribution in [2.45, 2.75) is 24.5 Å². The van der Waals surface area contributed by atoms with E-state index < -0.39 is 21.0 Å². The van der Waals surface area contributed by atoms with Gasteiger partial charge in [0.2, 0.25) is 5.91 Å². The lowest BCUT2D eigenvalue weighted by atomic mass is 10.2. The summed E-state index contributed by atoms with van der Waals surface area (Å²) in [7, 11) is -3.34. The fourth-order valence-corrected chi connectivity index (χ4v) is 5.39. The summed E-state index contributed by atoms with van der Waals surface area (Å²) < 4.78 is 25.1. The fraction of sp³-hybridized carbons (Fsp3) is 0.417. The van der Waals surface area contributed by atoms with Crippen LogP contribution >= 0.6 is 31.9 Å². The molecule has 1 heterocycles. The molecule has 2 rings (SSSR count). The maximum absolute atomic E-state index is 12.2. The Labute approximate surface area is 134 Å². The number of rotatable bonds is 2. The summed E-state index contributed by atoms with van der Waals surface area (Å²) in [6.07, 6.45) is 1.75. The molecule has 1 unspecified atom stereocenters. The van der Waals surface area contributed by atoms with E-state index in [4.69, 9.17) is 5.73 Å². The highest BCUT2D eigenvalue weighted by Gasteiger charge is 2.35. The minimum Gasteiger partial charge on any atom is -0.399 e. The smallest absolute Gasteiger partial charge is 0.242 e. The lowest BCUT2D eigenvalue weighted by Crippen LogP contribution is -2.39. The van der Waals surface area contributed by atoms with Crippen molar-refractivity contribution in [2.75, 3.05) is 16.8 Å². The van der Waals surface area contributed by atoms with Crippen LogP contribution in [-0.4, -0.2) is 25.3 Å². The van der Waals surface area contributed by atoms with Crippen LogP contribution in [0, 0.1) is 0 Å². The Morgan fingerprint density at radius 2 is 1.85 bits per heavy atom. The highest BCUT2D eigenvalue weighted by molar-refractivity contribution is 9.11. The summed E-state index contributed by atoms with van der Waals surface area (Å²) in [5.41, 5.74) is 6.70. The van der Waals surface area contributed by atoms with Crippen molar-refractivity contribution in [3.8, 4) is 0 Å². The zero-order chi connectivity index (χ0) is 14.9. The van der Waals surface area contributed by atoms with Crippen LogP contribution in [-0.2, 0) is 14.6 Å². The van der Waals surface area contributed by atoms with Crippen LogP contribution in [0.25, 0.3) is 0 Å². The molecular weight excluding hydrogens is 412 g/mol. The summed E-state index contributed by atoms with van der Waals surface area (Å²) in [6.45, 7) is 0. The number of nitrogen functional groups attached to an aromatic ring is 1. The lowest BCUT2D eigenvalue weighted by molar-refractivity contribution is -0.116. The molecule has 0 radical (unpaired) electrons. The predicted octanol–water partition coefficient (Wildman–Crippen LogP) is 2.70. The Balaban J connectivity index is 2.24. The molecular formula is C12H14Br2N2O3S. The molecule has 0 aromatic heterocycles. The van der Waals surface area contributed by atoms with E-state index in [1.54, 1.807) is 12.1 Å². The molecule has 8 heteroatoms. The predicted molar refractivity (Wildman–Crippen MR) is 86.3 cm³/mol. The summed E-state index contributed by atoms with van der Waals surface area (Å²) >= 11 is 6.61. The van der Waals surface area contributed by atoms with E-state index >= 15 is 0 Å². The first-order valence-corrected chi connectivity index (χ1v) is 9.38. The summed E-state index contributed by atoms with van der Waals surface area (Å²) in [5, 5.41) is 1.70. The number of benzene rings is 1. The van der Waals surface area contributed by atoms with Crippen LogP contribution in [0.5, 0.6) is 0 Å². The van der Waals surface area contributed by atoms with Gasteiger partial charge in [-0.2, -0.15) is 0 Å². The van der Waals surface area contributed by atoms with Gasteiger partial charge in [-0.3, -0.25) is 4.79 Å². The maximum atomic E-state index is 12.2. The third-order valence-electron chi connectivity index (χ3n) is 3.18. The van der Waals surface area contributed by atoms with Gasteiger partial charge >= 0.3 is 0 Å². The van der Waals surface area contributed by atoms with Crippen molar-refractivity contribution in [3.63, 3.8) is 0 Å². The highest BCUT2D eigenvalue weighted by Crippen LogP contribution is 2.34. The van der Waals surface area contributed by atoms with Gasteiger partial charge in [0.15, 0.2) is 9.84 Å². The first-order valence-electron chi connectivity index (χ1n) is 6.08. The zero-order valence-electron chi connectivity index (χ0n) is 10.5. The van der Waals surface area contributed by atoms with Crippen LogP contribution in [0.2, 0.25) is 0 Å². The Hall–Kier alpha value is -0.600. The molecule has 3 N–H and O–H groups in total. The molecule has 1 saturated heterocycles. The number of nitrogens with two attached hydrogens (primary N) is 1. The van der Waals surface area contributed by atoms with Gasteiger partial charge in [-0.25, -0.2) is 8.42 Å². The molecule has 20 heavy (non-hydrogen) atoms. The van der Waals surface area contributed by atoms with Crippen LogP contribution in [0.3, 0.4) is 0 Å². The van der Waals surface area contributed by atoms with Crippen molar-refractivity contribution in [2.24, 2.45) is 0 Å². The molecule has 0 spiro atoms. The van der Waals surface area contributed by atoms with Gasteiger partial charge in [0.05, 0.1) is 11.4 Å². The third kappa shape index (κ3) is 3.35. The second-order valence-corrected chi connectivity index (χ2v) is 8.71. The molecule has 0 aliphatic carbocycles. The largest absolute Gasteiger partial charge is 0.399 e. The molecule has 1 atom stereocenters. The summed E-state index contributed by atoms with van der Waals surface area (Å²) in [5.74, 6) is -0.411. The number of hydrogen-bond donors (Lipinski definition) is 2.